The number of nitrogens with two attached hydrogens (primary N) is 1. The molecule has 0 fully saturated rings. The van der Waals surface area contributed by atoms with Crippen LogP contribution in [0.3, 0.4) is 0 Å². The first-order chi connectivity index (χ1) is 7.20. The van der Waals surface area contributed by atoms with Crippen molar-refractivity contribution in [3.05, 3.63) is 24.2 Å². The average molecular weight is 211 g/mol. The van der Waals surface area contributed by atoms with E-state index in [4.69, 9.17) is 14.9 Å². The van der Waals surface area contributed by atoms with E-state index in [1.165, 1.54) is 0 Å². The number of furan rings is 1. The van der Waals surface area contributed by atoms with Crippen LogP contribution in [-0.4, -0.2) is 12.2 Å². The largest absolute Gasteiger partial charge is 0.472 e. The third kappa shape index (κ3) is 2.41. The SMILES string of the molecule is CCOC(CC)(CC)C(N)c1ccoc1. The molecule has 0 bridgehead atoms. The van der Waals surface area contributed by atoms with E-state index < -0.39 is 0 Å². The highest BCUT2D eigenvalue weighted by molar-refractivity contribution is 5.16. The number of rotatable bonds is 6. The highest BCUT2D eigenvalue weighted by Gasteiger charge is 2.35. The van der Waals surface area contributed by atoms with Gasteiger partial charge in [-0.15, -0.1) is 0 Å². The Labute approximate surface area is 91.6 Å². The molecule has 1 atom stereocenters. The molecule has 1 rings (SSSR count). The molecule has 0 radical (unpaired) electrons. The second kappa shape index (κ2) is 5.33. The summed E-state index contributed by atoms with van der Waals surface area (Å²) in [5.41, 5.74) is 6.98. The Bertz CT molecular complexity index is 265. The van der Waals surface area contributed by atoms with Crippen molar-refractivity contribution in [2.75, 3.05) is 6.61 Å². The van der Waals surface area contributed by atoms with Crippen molar-refractivity contribution in [1.82, 2.24) is 0 Å². The summed E-state index contributed by atoms with van der Waals surface area (Å²) in [6.07, 6.45) is 5.16. The summed E-state index contributed by atoms with van der Waals surface area (Å²) in [5, 5.41) is 0. The van der Waals surface area contributed by atoms with Crippen molar-refractivity contribution in [2.45, 2.75) is 45.3 Å². The maximum atomic E-state index is 6.24. The fourth-order valence-electron chi connectivity index (χ4n) is 2.03. The third-order valence-electron chi connectivity index (χ3n) is 3.10. The monoisotopic (exact) mass is 211 g/mol. The average Bonchev–Trinajstić information content (AvgIpc) is 2.78. The molecule has 1 heterocycles. The molecule has 1 aromatic heterocycles. The minimum Gasteiger partial charge on any atom is -0.472 e. The molecule has 0 aromatic carbocycles. The van der Waals surface area contributed by atoms with Gasteiger partial charge in [-0.3, -0.25) is 0 Å². The van der Waals surface area contributed by atoms with Gasteiger partial charge in [0, 0.05) is 12.2 Å². The Morgan fingerprint density at radius 1 is 1.40 bits per heavy atom. The van der Waals surface area contributed by atoms with Crippen molar-refractivity contribution >= 4 is 0 Å². The Balaban J connectivity index is 2.88. The third-order valence-corrected chi connectivity index (χ3v) is 3.10. The van der Waals surface area contributed by atoms with Gasteiger partial charge in [0.1, 0.15) is 0 Å². The molecule has 0 saturated heterocycles. The summed E-state index contributed by atoms with van der Waals surface area (Å²) in [6.45, 7) is 6.91. The van der Waals surface area contributed by atoms with E-state index in [0.717, 1.165) is 18.4 Å². The molecule has 0 amide bonds. The van der Waals surface area contributed by atoms with Crippen LogP contribution in [0.2, 0.25) is 0 Å². The van der Waals surface area contributed by atoms with E-state index in [-0.39, 0.29) is 11.6 Å². The molecule has 0 aliphatic rings. The van der Waals surface area contributed by atoms with Crippen LogP contribution >= 0.6 is 0 Å². The normalized spacial score (nSPS) is 14.1. The second-order valence-corrected chi connectivity index (χ2v) is 3.74. The minimum atomic E-state index is -0.265. The molecule has 0 aliphatic carbocycles. The maximum Gasteiger partial charge on any atom is 0.0951 e. The Kier molecular flexibility index (Phi) is 4.36. The smallest absolute Gasteiger partial charge is 0.0951 e. The van der Waals surface area contributed by atoms with Crippen LogP contribution in [-0.2, 0) is 4.74 Å². The second-order valence-electron chi connectivity index (χ2n) is 3.74. The first-order valence-electron chi connectivity index (χ1n) is 5.61. The standard InChI is InChI=1S/C12H21NO2/c1-4-12(5-2,15-6-3)11(13)10-7-8-14-9-10/h7-9,11H,4-6,13H2,1-3H3. The quantitative estimate of drug-likeness (QED) is 0.787. The van der Waals surface area contributed by atoms with Crippen LogP contribution in [0.25, 0.3) is 0 Å². The number of hydrogen-bond acceptors (Lipinski definition) is 3. The molecular weight excluding hydrogens is 190 g/mol. The van der Waals surface area contributed by atoms with Crippen LogP contribution in [0.1, 0.15) is 45.2 Å². The zero-order valence-corrected chi connectivity index (χ0v) is 9.82. The first-order valence-corrected chi connectivity index (χ1v) is 5.61. The molecule has 0 saturated carbocycles. The maximum absolute atomic E-state index is 6.24. The van der Waals surface area contributed by atoms with Crippen LogP contribution in [0.4, 0.5) is 0 Å². The molecule has 0 aliphatic heterocycles. The van der Waals surface area contributed by atoms with Crippen molar-refractivity contribution in [3.63, 3.8) is 0 Å². The molecule has 2 N–H and O–H groups in total. The molecule has 0 spiro atoms. The molecule has 3 nitrogen and oxygen atoms in total. The summed E-state index contributed by atoms with van der Waals surface area (Å²) in [7, 11) is 0. The van der Waals surface area contributed by atoms with Crippen molar-refractivity contribution in [2.24, 2.45) is 5.73 Å². The molecular formula is C12H21NO2. The van der Waals surface area contributed by atoms with Gasteiger partial charge >= 0.3 is 0 Å². The number of hydrogen-bond donors (Lipinski definition) is 1. The lowest BCUT2D eigenvalue weighted by molar-refractivity contribution is -0.0646. The number of ether oxygens (including phenoxy) is 1. The molecule has 3 heteroatoms. The molecule has 1 aromatic rings. The topological polar surface area (TPSA) is 48.4 Å². The molecule has 86 valence electrons. The van der Waals surface area contributed by atoms with Gasteiger partial charge in [0.25, 0.3) is 0 Å². The van der Waals surface area contributed by atoms with Gasteiger partial charge in [0.2, 0.25) is 0 Å². The van der Waals surface area contributed by atoms with E-state index in [1.807, 2.05) is 13.0 Å². The first kappa shape index (κ1) is 12.3. The van der Waals surface area contributed by atoms with Crippen molar-refractivity contribution in [1.29, 1.82) is 0 Å². The Hall–Kier alpha value is -0.800. The fraction of sp³-hybridized carbons (Fsp3) is 0.667. The highest BCUT2D eigenvalue weighted by Crippen LogP contribution is 2.33. The summed E-state index contributed by atoms with van der Waals surface area (Å²) in [6, 6.07) is 1.79. The summed E-state index contributed by atoms with van der Waals surface area (Å²) in [5.74, 6) is 0. The van der Waals surface area contributed by atoms with E-state index >= 15 is 0 Å². The van der Waals surface area contributed by atoms with Gasteiger partial charge in [0.05, 0.1) is 24.2 Å². The van der Waals surface area contributed by atoms with E-state index in [0.29, 0.717) is 6.61 Å². The van der Waals surface area contributed by atoms with E-state index in [1.54, 1.807) is 12.5 Å². The lowest BCUT2D eigenvalue weighted by atomic mass is 9.85. The van der Waals surface area contributed by atoms with Gasteiger partial charge in [-0.25, -0.2) is 0 Å². The van der Waals surface area contributed by atoms with Gasteiger partial charge < -0.3 is 14.9 Å². The predicted octanol–water partition coefficient (Wildman–Crippen LogP) is 2.87. The molecule has 1 unspecified atom stereocenters. The summed E-state index contributed by atoms with van der Waals surface area (Å²) < 4.78 is 10.9. The van der Waals surface area contributed by atoms with Gasteiger partial charge in [0.15, 0.2) is 0 Å². The van der Waals surface area contributed by atoms with Gasteiger partial charge in [-0.2, -0.15) is 0 Å². The molecule has 15 heavy (non-hydrogen) atoms. The zero-order chi connectivity index (χ0) is 11.3. The highest BCUT2D eigenvalue weighted by atomic mass is 16.5. The van der Waals surface area contributed by atoms with Crippen molar-refractivity contribution in [3.8, 4) is 0 Å². The van der Waals surface area contributed by atoms with Crippen LogP contribution < -0.4 is 5.73 Å². The van der Waals surface area contributed by atoms with Crippen molar-refractivity contribution < 1.29 is 9.15 Å². The van der Waals surface area contributed by atoms with E-state index in [9.17, 15) is 0 Å². The minimum absolute atomic E-state index is 0.119. The Morgan fingerprint density at radius 3 is 2.47 bits per heavy atom. The van der Waals surface area contributed by atoms with Crippen LogP contribution in [0.5, 0.6) is 0 Å². The van der Waals surface area contributed by atoms with E-state index in [2.05, 4.69) is 13.8 Å². The van der Waals surface area contributed by atoms with Crippen LogP contribution in [0.15, 0.2) is 23.0 Å². The lowest BCUT2D eigenvalue weighted by Crippen LogP contribution is -2.42. The van der Waals surface area contributed by atoms with Gasteiger partial charge in [-0.1, -0.05) is 13.8 Å². The Morgan fingerprint density at radius 2 is 2.07 bits per heavy atom. The lowest BCUT2D eigenvalue weighted by Gasteiger charge is -2.36. The predicted molar refractivity (Wildman–Crippen MR) is 60.6 cm³/mol. The van der Waals surface area contributed by atoms with Crippen LogP contribution in [0, 0.1) is 0 Å². The fourth-order valence-corrected chi connectivity index (χ4v) is 2.03. The van der Waals surface area contributed by atoms with Gasteiger partial charge in [-0.05, 0) is 25.8 Å². The summed E-state index contributed by atoms with van der Waals surface area (Å²) >= 11 is 0. The summed E-state index contributed by atoms with van der Waals surface area (Å²) in [4.78, 5) is 0. The zero-order valence-electron chi connectivity index (χ0n) is 9.82.